The van der Waals surface area contributed by atoms with Gasteiger partial charge in [0.15, 0.2) is 11.4 Å². The summed E-state index contributed by atoms with van der Waals surface area (Å²) >= 11 is 0. The summed E-state index contributed by atoms with van der Waals surface area (Å²) in [6.45, 7) is 6.97. The predicted octanol–water partition coefficient (Wildman–Crippen LogP) is 2.61. The Hall–Kier alpha value is -3.23. The number of alkyl carbamates (subject to hydrolysis) is 1. The second kappa shape index (κ2) is 6.74. The summed E-state index contributed by atoms with van der Waals surface area (Å²) in [7, 11) is 0. The fourth-order valence-corrected chi connectivity index (χ4v) is 3.26. The van der Waals surface area contributed by atoms with Crippen molar-refractivity contribution in [1.82, 2.24) is 20.3 Å². The highest BCUT2D eigenvalue weighted by molar-refractivity contribution is 5.95. The number of nitrogens with zero attached hydrogens (tertiary/aromatic N) is 3. The van der Waals surface area contributed by atoms with Crippen molar-refractivity contribution in [1.29, 1.82) is 0 Å². The van der Waals surface area contributed by atoms with Crippen molar-refractivity contribution in [2.24, 2.45) is 0 Å². The van der Waals surface area contributed by atoms with Gasteiger partial charge in [-0.1, -0.05) is 5.16 Å². The summed E-state index contributed by atoms with van der Waals surface area (Å²) < 4.78 is 18.1. The predicted molar refractivity (Wildman–Crippen MR) is 102 cm³/mol. The van der Waals surface area contributed by atoms with E-state index >= 15 is 0 Å². The number of carbonyl (C=O) groups excluding carboxylic acids is 1. The molecule has 0 atom stereocenters. The number of hydrogen-bond acceptors (Lipinski definition) is 7. The SMILES string of the molecule is CC(C)(C)OC(=O)NCc1cnn(Cc2cc3onc(N)c3c3c2CCO3)c1. The van der Waals surface area contributed by atoms with E-state index in [9.17, 15) is 4.79 Å². The Morgan fingerprint density at radius 3 is 3.04 bits per heavy atom. The highest BCUT2D eigenvalue weighted by Crippen LogP contribution is 2.39. The van der Waals surface area contributed by atoms with Crippen LogP contribution in [0, 0.1) is 0 Å². The molecule has 0 saturated heterocycles. The van der Waals surface area contributed by atoms with Crippen LogP contribution in [0.2, 0.25) is 0 Å². The molecule has 1 aliphatic heterocycles. The maximum Gasteiger partial charge on any atom is 0.407 e. The lowest BCUT2D eigenvalue weighted by Crippen LogP contribution is -2.32. The normalized spacial score (nSPS) is 13.4. The highest BCUT2D eigenvalue weighted by Gasteiger charge is 2.24. The molecule has 3 heterocycles. The Morgan fingerprint density at radius 2 is 2.25 bits per heavy atom. The molecule has 0 saturated carbocycles. The number of carbonyl (C=O) groups is 1. The molecule has 3 aromatic rings. The van der Waals surface area contributed by atoms with Crippen molar-refractivity contribution in [2.45, 2.75) is 45.9 Å². The first-order chi connectivity index (χ1) is 13.3. The minimum atomic E-state index is -0.528. The number of amides is 1. The zero-order valence-corrected chi connectivity index (χ0v) is 16.1. The minimum Gasteiger partial charge on any atom is -0.492 e. The van der Waals surface area contributed by atoms with Crippen LogP contribution >= 0.6 is 0 Å². The lowest BCUT2D eigenvalue weighted by Gasteiger charge is -2.19. The molecule has 28 heavy (non-hydrogen) atoms. The third-order valence-corrected chi connectivity index (χ3v) is 4.39. The van der Waals surface area contributed by atoms with Crippen LogP contribution in [0.25, 0.3) is 11.0 Å². The van der Waals surface area contributed by atoms with Crippen LogP contribution in [0.5, 0.6) is 5.75 Å². The molecule has 9 nitrogen and oxygen atoms in total. The van der Waals surface area contributed by atoms with E-state index in [-0.39, 0.29) is 0 Å². The second-order valence-corrected chi connectivity index (χ2v) is 7.78. The van der Waals surface area contributed by atoms with Gasteiger partial charge in [-0.2, -0.15) is 5.10 Å². The largest absolute Gasteiger partial charge is 0.492 e. The summed E-state index contributed by atoms with van der Waals surface area (Å²) in [4.78, 5) is 11.8. The number of ether oxygens (including phenoxy) is 2. The number of anilines is 1. The van der Waals surface area contributed by atoms with Crippen LogP contribution in [-0.4, -0.2) is 33.2 Å². The van der Waals surface area contributed by atoms with E-state index in [4.69, 9.17) is 19.7 Å². The summed E-state index contributed by atoms with van der Waals surface area (Å²) in [6, 6.07) is 1.94. The zero-order valence-electron chi connectivity index (χ0n) is 16.1. The third kappa shape index (κ3) is 3.60. The first kappa shape index (κ1) is 18.1. The van der Waals surface area contributed by atoms with E-state index in [2.05, 4.69) is 15.6 Å². The molecule has 0 unspecified atom stereocenters. The first-order valence-electron chi connectivity index (χ1n) is 9.11. The van der Waals surface area contributed by atoms with Gasteiger partial charge in [-0.25, -0.2) is 4.79 Å². The van der Waals surface area contributed by atoms with E-state index in [0.717, 1.165) is 34.2 Å². The third-order valence-electron chi connectivity index (χ3n) is 4.39. The van der Waals surface area contributed by atoms with Gasteiger partial charge in [0.05, 0.1) is 19.3 Å². The highest BCUT2D eigenvalue weighted by atomic mass is 16.6. The summed E-state index contributed by atoms with van der Waals surface area (Å²) in [6.07, 6.45) is 3.96. The molecule has 0 fully saturated rings. The van der Waals surface area contributed by atoms with Crippen LogP contribution in [0.4, 0.5) is 10.6 Å². The smallest absolute Gasteiger partial charge is 0.407 e. The van der Waals surface area contributed by atoms with E-state index in [1.54, 1.807) is 6.20 Å². The van der Waals surface area contributed by atoms with E-state index < -0.39 is 11.7 Å². The van der Waals surface area contributed by atoms with Gasteiger partial charge < -0.3 is 25.0 Å². The summed E-state index contributed by atoms with van der Waals surface area (Å²) in [5.41, 5.74) is 9.01. The number of rotatable bonds is 4. The standard InChI is InChI=1S/C19H23N5O4/c1-19(2,3)27-18(25)21-7-11-8-22-24(9-11)10-12-6-14-15(17(20)23-28-14)16-13(12)4-5-26-16/h6,8-9H,4-5,7,10H2,1-3H3,(H2,20,23)(H,21,25). The van der Waals surface area contributed by atoms with E-state index in [1.165, 1.54) is 0 Å². The van der Waals surface area contributed by atoms with Crippen LogP contribution in [0.3, 0.4) is 0 Å². The molecule has 2 aromatic heterocycles. The Balaban J connectivity index is 1.48. The van der Waals surface area contributed by atoms with Crippen molar-refractivity contribution in [3.8, 4) is 5.75 Å². The monoisotopic (exact) mass is 385 g/mol. The molecule has 9 heteroatoms. The zero-order chi connectivity index (χ0) is 19.9. The van der Waals surface area contributed by atoms with Crippen molar-refractivity contribution < 1.29 is 18.8 Å². The topological polar surface area (TPSA) is 117 Å². The first-order valence-corrected chi connectivity index (χ1v) is 9.11. The number of hydrogen-bond donors (Lipinski definition) is 2. The summed E-state index contributed by atoms with van der Waals surface area (Å²) in [5, 5.41) is 11.7. The van der Waals surface area contributed by atoms with Gasteiger partial charge >= 0.3 is 6.09 Å². The molecule has 1 amide bonds. The average Bonchev–Trinajstić information content (AvgIpc) is 3.31. The van der Waals surface area contributed by atoms with Gasteiger partial charge in [0.1, 0.15) is 16.7 Å². The van der Waals surface area contributed by atoms with Gasteiger partial charge in [0.25, 0.3) is 0 Å². The fraction of sp³-hybridized carbons (Fsp3) is 0.421. The molecular formula is C19H23N5O4. The molecule has 148 valence electrons. The molecule has 0 radical (unpaired) electrons. The number of nitrogens with two attached hydrogens (primary N) is 1. The van der Waals surface area contributed by atoms with E-state index in [1.807, 2.05) is 37.7 Å². The Bertz CT molecular complexity index is 1030. The van der Waals surface area contributed by atoms with Crippen molar-refractivity contribution in [2.75, 3.05) is 12.3 Å². The van der Waals surface area contributed by atoms with Gasteiger partial charge in [0.2, 0.25) is 0 Å². The maximum absolute atomic E-state index is 11.8. The number of nitrogen functional groups attached to an aromatic ring is 1. The van der Waals surface area contributed by atoms with Gasteiger partial charge in [-0.3, -0.25) is 4.68 Å². The average molecular weight is 385 g/mol. The quantitative estimate of drug-likeness (QED) is 0.709. The van der Waals surface area contributed by atoms with E-state index in [0.29, 0.717) is 31.1 Å². The van der Waals surface area contributed by atoms with Gasteiger partial charge in [-0.05, 0) is 32.4 Å². The van der Waals surface area contributed by atoms with Crippen molar-refractivity contribution in [3.63, 3.8) is 0 Å². The number of fused-ring (bicyclic) bond motifs is 3. The fourth-order valence-electron chi connectivity index (χ4n) is 3.26. The second-order valence-electron chi connectivity index (χ2n) is 7.78. The van der Waals surface area contributed by atoms with Crippen LogP contribution in [0.15, 0.2) is 23.0 Å². The lowest BCUT2D eigenvalue weighted by molar-refractivity contribution is 0.0523. The van der Waals surface area contributed by atoms with Crippen LogP contribution in [0.1, 0.15) is 37.5 Å². The Kier molecular flexibility index (Phi) is 4.37. The maximum atomic E-state index is 11.8. The Morgan fingerprint density at radius 1 is 1.43 bits per heavy atom. The molecule has 3 N–H and O–H groups in total. The molecular weight excluding hydrogens is 362 g/mol. The lowest BCUT2D eigenvalue weighted by atomic mass is 10.0. The Labute approximate surface area is 161 Å². The van der Waals surface area contributed by atoms with Crippen LogP contribution < -0.4 is 15.8 Å². The molecule has 0 aliphatic carbocycles. The van der Waals surface area contributed by atoms with Gasteiger partial charge in [-0.15, -0.1) is 0 Å². The molecule has 4 rings (SSSR count). The molecule has 1 aliphatic rings. The molecule has 0 spiro atoms. The minimum absolute atomic E-state index is 0.341. The van der Waals surface area contributed by atoms with Crippen molar-refractivity contribution in [3.05, 3.63) is 35.2 Å². The summed E-state index contributed by atoms with van der Waals surface area (Å²) in [5.74, 6) is 1.10. The van der Waals surface area contributed by atoms with Crippen LogP contribution in [-0.2, 0) is 24.2 Å². The number of nitrogens with one attached hydrogen (secondary N) is 1. The van der Waals surface area contributed by atoms with Crippen molar-refractivity contribution >= 4 is 22.9 Å². The number of benzene rings is 1. The molecule has 0 bridgehead atoms. The number of aromatic nitrogens is 3. The molecule has 1 aromatic carbocycles. The van der Waals surface area contributed by atoms with Gasteiger partial charge in [0, 0.05) is 30.3 Å².